The van der Waals surface area contributed by atoms with Crippen molar-refractivity contribution in [1.82, 2.24) is 19.9 Å². The zero-order chi connectivity index (χ0) is 16.7. The molecule has 0 saturated heterocycles. The molecule has 3 aromatic rings. The fraction of sp³-hybridized carbons (Fsp3) is 0.353. The van der Waals surface area contributed by atoms with E-state index in [4.69, 9.17) is 4.42 Å². The molecule has 1 N–H and O–H groups in total. The third-order valence-electron chi connectivity index (χ3n) is 4.22. The molecule has 1 atom stereocenters. The summed E-state index contributed by atoms with van der Waals surface area (Å²) in [6, 6.07) is 3.91. The van der Waals surface area contributed by atoms with Gasteiger partial charge in [0, 0.05) is 31.4 Å². The second kappa shape index (κ2) is 5.90. The monoisotopic (exact) mass is 342 g/mol. The Hall–Kier alpha value is -2.41. The minimum Gasteiger partial charge on any atom is -0.459 e. The molecule has 0 spiro atoms. The number of rotatable bonds is 3. The number of aryl methyl sites for hydroxylation is 3. The molecule has 124 valence electrons. The largest absolute Gasteiger partial charge is 0.459 e. The first kappa shape index (κ1) is 15.1. The molecule has 3 aromatic heterocycles. The summed E-state index contributed by atoms with van der Waals surface area (Å²) in [5, 5.41) is 3.87. The molecule has 1 aliphatic heterocycles. The van der Waals surface area contributed by atoms with Crippen LogP contribution in [0, 0.1) is 13.8 Å². The summed E-state index contributed by atoms with van der Waals surface area (Å²) in [5.41, 5.74) is 0.737. The molecule has 4 heterocycles. The van der Waals surface area contributed by atoms with E-state index in [9.17, 15) is 4.79 Å². The van der Waals surface area contributed by atoms with Gasteiger partial charge >= 0.3 is 0 Å². The summed E-state index contributed by atoms with van der Waals surface area (Å²) in [7, 11) is 0. The molecule has 0 saturated carbocycles. The minimum atomic E-state index is -0.0620. The van der Waals surface area contributed by atoms with Crippen LogP contribution in [-0.2, 0) is 13.0 Å². The maximum atomic E-state index is 12.6. The Morgan fingerprint density at radius 3 is 3.08 bits per heavy atom. The molecular formula is C17H18N4O2S. The zero-order valence-electron chi connectivity index (χ0n) is 13.6. The number of nitrogens with one attached hydrogen (secondary N) is 1. The number of amides is 1. The molecule has 24 heavy (non-hydrogen) atoms. The fourth-order valence-electron chi connectivity index (χ4n) is 3.00. The highest BCUT2D eigenvalue weighted by molar-refractivity contribution is 7.17. The van der Waals surface area contributed by atoms with Crippen molar-refractivity contribution in [1.29, 1.82) is 0 Å². The van der Waals surface area contributed by atoms with Crippen molar-refractivity contribution < 1.29 is 9.21 Å². The number of imidazole rings is 1. The number of aromatic nitrogens is 3. The number of fused-ring (bicyclic) bond motifs is 1. The van der Waals surface area contributed by atoms with Crippen LogP contribution in [0.3, 0.4) is 0 Å². The van der Waals surface area contributed by atoms with Crippen molar-refractivity contribution in [3.05, 3.63) is 46.7 Å². The first-order valence-corrected chi connectivity index (χ1v) is 8.77. The Bertz CT molecular complexity index is 892. The number of thiazole rings is 1. The summed E-state index contributed by atoms with van der Waals surface area (Å²) >= 11 is 1.37. The van der Waals surface area contributed by atoms with E-state index in [1.165, 1.54) is 11.3 Å². The minimum absolute atomic E-state index is 0.0620. The zero-order valence-corrected chi connectivity index (χ0v) is 14.4. The van der Waals surface area contributed by atoms with Gasteiger partial charge in [-0.3, -0.25) is 4.79 Å². The Morgan fingerprint density at radius 1 is 1.42 bits per heavy atom. The van der Waals surface area contributed by atoms with Crippen LogP contribution in [0.5, 0.6) is 0 Å². The second-order valence-electron chi connectivity index (χ2n) is 6.05. The quantitative estimate of drug-likeness (QED) is 0.794. The average molecular weight is 342 g/mol. The third-order valence-corrected chi connectivity index (χ3v) is 5.40. The Kier molecular flexibility index (Phi) is 3.72. The highest BCUT2D eigenvalue weighted by atomic mass is 32.1. The van der Waals surface area contributed by atoms with Gasteiger partial charge in [0.05, 0.1) is 5.69 Å². The summed E-state index contributed by atoms with van der Waals surface area (Å²) in [6.07, 6.45) is 5.56. The van der Waals surface area contributed by atoms with Gasteiger partial charge in [-0.2, -0.15) is 0 Å². The highest BCUT2D eigenvalue weighted by Crippen LogP contribution is 2.29. The maximum absolute atomic E-state index is 12.6. The molecule has 0 radical (unpaired) electrons. The summed E-state index contributed by atoms with van der Waals surface area (Å²) in [6.45, 7) is 4.52. The molecule has 1 aliphatic rings. The maximum Gasteiger partial charge on any atom is 0.263 e. The number of carbonyl (C=O) groups excluding carboxylic acids is 1. The normalized spacial score (nSPS) is 16.8. The van der Waals surface area contributed by atoms with Crippen LogP contribution >= 0.6 is 11.3 Å². The number of hydrogen-bond donors (Lipinski definition) is 1. The number of hydrogen-bond acceptors (Lipinski definition) is 5. The predicted octanol–water partition coefficient (Wildman–Crippen LogP) is 2.96. The summed E-state index contributed by atoms with van der Waals surface area (Å²) in [4.78, 5) is 22.1. The third kappa shape index (κ3) is 2.75. The Labute approximate surface area is 143 Å². The second-order valence-corrected chi connectivity index (χ2v) is 7.05. The van der Waals surface area contributed by atoms with E-state index < -0.39 is 0 Å². The molecule has 0 aromatic carbocycles. The van der Waals surface area contributed by atoms with E-state index in [2.05, 4.69) is 19.9 Å². The first-order chi connectivity index (χ1) is 11.6. The lowest BCUT2D eigenvalue weighted by molar-refractivity contribution is 0.0931. The van der Waals surface area contributed by atoms with Gasteiger partial charge in [0.15, 0.2) is 10.8 Å². The van der Waals surface area contributed by atoms with Gasteiger partial charge in [0.25, 0.3) is 5.91 Å². The molecular weight excluding hydrogens is 324 g/mol. The van der Waals surface area contributed by atoms with E-state index in [0.717, 1.165) is 41.7 Å². The van der Waals surface area contributed by atoms with E-state index in [-0.39, 0.29) is 11.9 Å². The molecule has 1 amide bonds. The van der Waals surface area contributed by atoms with Crippen LogP contribution in [0.15, 0.2) is 28.9 Å². The SMILES string of the molecule is Cc1ccc(-c2nc(C)c(C(=O)N[C@H]3CCc4nccn4C3)s2)o1. The first-order valence-electron chi connectivity index (χ1n) is 7.95. The summed E-state index contributed by atoms with van der Waals surface area (Å²) < 4.78 is 7.71. The van der Waals surface area contributed by atoms with Gasteiger partial charge in [-0.1, -0.05) is 0 Å². The predicted molar refractivity (Wildman–Crippen MR) is 91.1 cm³/mol. The van der Waals surface area contributed by atoms with Gasteiger partial charge in [0.1, 0.15) is 16.5 Å². The van der Waals surface area contributed by atoms with E-state index >= 15 is 0 Å². The summed E-state index contributed by atoms with van der Waals surface area (Å²) in [5.74, 6) is 2.57. The topological polar surface area (TPSA) is 73.0 Å². The molecule has 7 heteroatoms. The Morgan fingerprint density at radius 2 is 2.29 bits per heavy atom. The molecule has 4 rings (SSSR count). The number of furan rings is 1. The van der Waals surface area contributed by atoms with Crippen LogP contribution in [-0.4, -0.2) is 26.5 Å². The lowest BCUT2D eigenvalue weighted by Gasteiger charge is -2.24. The van der Waals surface area contributed by atoms with Crippen LogP contribution < -0.4 is 5.32 Å². The van der Waals surface area contributed by atoms with Crippen molar-refractivity contribution in [2.75, 3.05) is 0 Å². The van der Waals surface area contributed by atoms with Gasteiger partial charge in [-0.25, -0.2) is 9.97 Å². The number of nitrogens with zero attached hydrogens (tertiary/aromatic N) is 3. The van der Waals surface area contributed by atoms with Crippen molar-refractivity contribution in [2.24, 2.45) is 0 Å². The van der Waals surface area contributed by atoms with E-state index in [0.29, 0.717) is 10.6 Å². The average Bonchev–Trinajstić information content (AvgIpc) is 3.26. The number of carbonyl (C=O) groups is 1. The van der Waals surface area contributed by atoms with E-state index in [1.807, 2.05) is 38.4 Å². The van der Waals surface area contributed by atoms with Gasteiger partial charge in [-0.05, 0) is 32.4 Å². The fourth-order valence-corrected chi connectivity index (χ4v) is 3.93. The Balaban J connectivity index is 1.50. The van der Waals surface area contributed by atoms with Crippen LogP contribution in [0.1, 0.15) is 33.4 Å². The lowest BCUT2D eigenvalue weighted by Crippen LogP contribution is -2.40. The van der Waals surface area contributed by atoms with Crippen molar-refractivity contribution >= 4 is 17.2 Å². The lowest BCUT2D eigenvalue weighted by atomic mass is 10.1. The van der Waals surface area contributed by atoms with Crippen LogP contribution in [0.25, 0.3) is 10.8 Å². The van der Waals surface area contributed by atoms with Gasteiger partial charge in [0.2, 0.25) is 0 Å². The molecule has 6 nitrogen and oxygen atoms in total. The van der Waals surface area contributed by atoms with Crippen LogP contribution in [0.2, 0.25) is 0 Å². The van der Waals surface area contributed by atoms with Crippen molar-refractivity contribution in [3.8, 4) is 10.8 Å². The van der Waals surface area contributed by atoms with E-state index in [1.54, 1.807) is 0 Å². The highest BCUT2D eigenvalue weighted by Gasteiger charge is 2.23. The van der Waals surface area contributed by atoms with Gasteiger partial charge < -0.3 is 14.3 Å². The molecule has 0 unspecified atom stereocenters. The molecule has 0 fully saturated rings. The smallest absolute Gasteiger partial charge is 0.263 e. The van der Waals surface area contributed by atoms with Gasteiger partial charge in [-0.15, -0.1) is 11.3 Å². The van der Waals surface area contributed by atoms with Crippen molar-refractivity contribution in [3.63, 3.8) is 0 Å². The molecule has 0 bridgehead atoms. The molecule has 0 aliphatic carbocycles. The standard InChI is InChI=1S/C17H18N4O2S/c1-10-3-5-13(23-10)17-19-11(2)15(24-17)16(22)20-12-4-6-14-18-7-8-21(14)9-12/h3,5,7-8,12H,4,6,9H2,1-2H3,(H,20,22)/t12-/m0/s1. The van der Waals surface area contributed by atoms with Crippen LogP contribution in [0.4, 0.5) is 0 Å². The van der Waals surface area contributed by atoms with Crippen molar-refractivity contribution in [2.45, 2.75) is 39.3 Å².